The minimum Gasteiger partial charge on any atom is -0.478 e. The van der Waals surface area contributed by atoms with E-state index in [0.717, 1.165) is 11.1 Å². The number of fused-ring (bicyclic) bond motifs is 1. The summed E-state index contributed by atoms with van der Waals surface area (Å²) in [6, 6.07) is 14.1. The van der Waals surface area contributed by atoms with Gasteiger partial charge in [0.25, 0.3) is 10.0 Å². The van der Waals surface area contributed by atoms with Crippen molar-refractivity contribution in [1.82, 2.24) is 4.98 Å². The number of para-hydroxylation sites is 1. The second-order valence-corrected chi connectivity index (χ2v) is 6.92. The van der Waals surface area contributed by atoms with E-state index in [1.807, 2.05) is 12.1 Å². The monoisotopic (exact) mass is 342 g/mol. The van der Waals surface area contributed by atoms with E-state index in [1.165, 1.54) is 30.3 Å². The van der Waals surface area contributed by atoms with Gasteiger partial charge in [0.15, 0.2) is 0 Å². The number of hydrogen-bond donors (Lipinski definition) is 2. The number of pyridine rings is 1. The molecule has 3 rings (SSSR count). The molecule has 0 amide bonds. The molecule has 0 aliphatic carbocycles. The van der Waals surface area contributed by atoms with E-state index in [9.17, 15) is 13.2 Å². The first-order valence-electron chi connectivity index (χ1n) is 7.09. The number of nitrogens with one attached hydrogen (secondary N) is 1. The molecule has 0 bridgehead atoms. The number of rotatable bonds is 4. The van der Waals surface area contributed by atoms with Crippen LogP contribution < -0.4 is 4.72 Å². The summed E-state index contributed by atoms with van der Waals surface area (Å²) in [6.07, 6.45) is 0. The predicted octanol–water partition coefficient (Wildman–Crippen LogP) is 3.04. The van der Waals surface area contributed by atoms with E-state index in [2.05, 4.69) is 9.71 Å². The summed E-state index contributed by atoms with van der Waals surface area (Å²) >= 11 is 0. The maximum Gasteiger partial charge on any atom is 0.335 e. The van der Waals surface area contributed by atoms with Gasteiger partial charge in [0.05, 0.1) is 11.1 Å². The fraction of sp³-hybridized carbons (Fsp3) is 0.0588. The Hall–Kier alpha value is -2.93. The Balaban J connectivity index is 2.02. The molecular weight excluding hydrogens is 328 g/mol. The summed E-state index contributed by atoms with van der Waals surface area (Å²) in [5.74, 6) is -1.07. The zero-order valence-electron chi connectivity index (χ0n) is 12.7. The van der Waals surface area contributed by atoms with Gasteiger partial charge < -0.3 is 5.11 Å². The van der Waals surface area contributed by atoms with Gasteiger partial charge in [-0.05, 0) is 43.3 Å². The highest BCUT2D eigenvalue weighted by molar-refractivity contribution is 7.93. The van der Waals surface area contributed by atoms with Crippen LogP contribution in [0.15, 0.2) is 59.5 Å². The van der Waals surface area contributed by atoms with Crippen molar-refractivity contribution < 1.29 is 18.3 Å². The first-order chi connectivity index (χ1) is 11.4. The van der Waals surface area contributed by atoms with Gasteiger partial charge in [0.2, 0.25) is 0 Å². The third kappa shape index (κ3) is 3.07. The highest BCUT2D eigenvalue weighted by Gasteiger charge is 2.18. The van der Waals surface area contributed by atoms with Crippen LogP contribution in [0.25, 0.3) is 10.9 Å². The summed E-state index contributed by atoms with van der Waals surface area (Å²) in [6.45, 7) is 1.79. The van der Waals surface area contributed by atoms with Crippen molar-refractivity contribution in [1.29, 1.82) is 0 Å². The summed E-state index contributed by atoms with van der Waals surface area (Å²) in [5, 5.41) is 9.61. The number of nitrogens with zero attached hydrogens (tertiary/aromatic N) is 1. The molecule has 0 aliphatic rings. The predicted molar refractivity (Wildman–Crippen MR) is 90.7 cm³/mol. The number of carboxylic acids is 1. The molecule has 0 radical (unpaired) electrons. The van der Waals surface area contributed by atoms with Crippen LogP contribution in [-0.4, -0.2) is 24.5 Å². The molecule has 1 aromatic heterocycles. The average molecular weight is 342 g/mol. The lowest BCUT2D eigenvalue weighted by molar-refractivity contribution is 0.0697. The zero-order valence-corrected chi connectivity index (χ0v) is 13.5. The minimum absolute atomic E-state index is 0.0750. The number of aryl methyl sites for hydroxylation is 1. The van der Waals surface area contributed by atoms with Crippen LogP contribution in [-0.2, 0) is 10.0 Å². The smallest absolute Gasteiger partial charge is 0.335 e. The van der Waals surface area contributed by atoms with Crippen LogP contribution in [0.5, 0.6) is 0 Å². The van der Waals surface area contributed by atoms with Gasteiger partial charge in [0, 0.05) is 16.8 Å². The van der Waals surface area contributed by atoms with Gasteiger partial charge in [-0.15, -0.1) is 0 Å². The number of sulfonamides is 1. The standard InChI is InChI=1S/C17H14N2O4S/c1-11-5-6-12-3-2-4-15(16(12)18-11)24(22,23)19-14-9-7-13(8-10-14)17(20)21/h2-10,19H,1H3,(H,20,21). The van der Waals surface area contributed by atoms with Crippen LogP contribution in [0.2, 0.25) is 0 Å². The first-order valence-corrected chi connectivity index (χ1v) is 8.58. The molecule has 0 spiro atoms. The second-order valence-electron chi connectivity index (χ2n) is 5.27. The Morgan fingerprint density at radius 1 is 1.04 bits per heavy atom. The molecule has 0 saturated carbocycles. The molecule has 7 heteroatoms. The Bertz CT molecular complexity index is 1030. The molecule has 0 saturated heterocycles. The summed E-state index contributed by atoms with van der Waals surface area (Å²) in [4.78, 5) is 15.2. The van der Waals surface area contributed by atoms with Gasteiger partial charge >= 0.3 is 5.97 Å². The van der Waals surface area contributed by atoms with Crippen LogP contribution >= 0.6 is 0 Å². The molecule has 24 heavy (non-hydrogen) atoms. The van der Waals surface area contributed by atoms with Crippen molar-refractivity contribution in [2.45, 2.75) is 11.8 Å². The fourth-order valence-corrected chi connectivity index (χ4v) is 3.56. The lowest BCUT2D eigenvalue weighted by atomic mass is 10.2. The number of carboxylic acid groups (broad SMARTS) is 1. The lowest BCUT2D eigenvalue weighted by Gasteiger charge is -2.10. The molecule has 0 atom stereocenters. The number of anilines is 1. The third-order valence-corrected chi connectivity index (χ3v) is 4.91. The van der Waals surface area contributed by atoms with Gasteiger partial charge in [-0.2, -0.15) is 0 Å². The summed E-state index contributed by atoms with van der Waals surface area (Å²) < 4.78 is 27.8. The highest BCUT2D eigenvalue weighted by atomic mass is 32.2. The molecule has 2 aromatic carbocycles. The molecule has 0 aliphatic heterocycles. The minimum atomic E-state index is -3.85. The number of carbonyl (C=O) groups is 1. The summed E-state index contributed by atoms with van der Waals surface area (Å²) in [7, 11) is -3.85. The Kier molecular flexibility index (Phi) is 3.94. The Morgan fingerprint density at radius 3 is 2.42 bits per heavy atom. The molecule has 0 fully saturated rings. The normalized spacial score (nSPS) is 11.4. The van der Waals surface area contributed by atoms with Crippen molar-refractivity contribution in [2.24, 2.45) is 0 Å². The van der Waals surface area contributed by atoms with Crippen molar-refractivity contribution in [3.63, 3.8) is 0 Å². The van der Waals surface area contributed by atoms with Gasteiger partial charge in [-0.25, -0.2) is 13.2 Å². The number of hydrogen-bond acceptors (Lipinski definition) is 4. The summed E-state index contributed by atoms with van der Waals surface area (Å²) in [5.41, 5.74) is 1.48. The highest BCUT2D eigenvalue weighted by Crippen LogP contribution is 2.24. The van der Waals surface area contributed by atoms with E-state index in [0.29, 0.717) is 5.52 Å². The van der Waals surface area contributed by atoms with Gasteiger partial charge in [-0.1, -0.05) is 18.2 Å². The third-order valence-electron chi connectivity index (χ3n) is 3.50. The van der Waals surface area contributed by atoms with Gasteiger partial charge in [-0.3, -0.25) is 9.71 Å². The molecule has 0 unspecified atom stereocenters. The number of aromatic carboxylic acids is 1. The number of benzene rings is 2. The fourth-order valence-electron chi connectivity index (χ4n) is 2.33. The quantitative estimate of drug-likeness (QED) is 0.759. The van der Waals surface area contributed by atoms with Crippen molar-refractivity contribution >= 4 is 32.6 Å². The SMILES string of the molecule is Cc1ccc2cccc(S(=O)(=O)Nc3ccc(C(=O)O)cc3)c2n1. The van der Waals surface area contributed by atoms with E-state index in [4.69, 9.17) is 5.11 Å². The van der Waals surface area contributed by atoms with Crippen LogP contribution in [0.1, 0.15) is 16.1 Å². The zero-order chi connectivity index (χ0) is 17.3. The molecule has 2 N–H and O–H groups in total. The molecule has 1 heterocycles. The average Bonchev–Trinajstić information content (AvgIpc) is 2.54. The van der Waals surface area contributed by atoms with E-state index >= 15 is 0 Å². The van der Waals surface area contributed by atoms with Crippen LogP contribution in [0.4, 0.5) is 5.69 Å². The number of aromatic nitrogens is 1. The van der Waals surface area contributed by atoms with E-state index < -0.39 is 16.0 Å². The van der Waals surface area contributed by atoms with Crippen LogP contribution in [0.3, 0.4) is 0 Å². The van der Waals surface area contributed by atoms with E-state index in [1.54, 1.807) is 19.1 Å². The van der Waals surface area contributed by atoms with E-state index in [-0.39, 0.29) is 16.1 Å². The molecule has 3 aromatic rings. The molecule has 6 nitrogen and oxygen atoms in total. The molecule has 122 valence electrons. The van der Waals surface area contributed by atoms with Crippen molar-refractivity contribution in [3.8, 4) is 0 Å². The topological polar surface area (TPSA) is 96.4 Å². The second kappa shape index (κ2) is 5.93. The Labute approximate surface area is 138 Å². The molecular formula is C17H14N2O4S. The first kappa shape index (κ1) is 15.9. The maximum atomic E-state index is 12.7. The largest absolute Gasteiger partial charge is 0.478 e. The van der Waals surface area contributed by atoms with Crippen molar-refractivity contribution in [3.05, 3.63) is 65.9 Å². The lowest BCUT2D eigenvalue weighted by Crippen LogP contribution is -2.14. The van der Waals surface area contributed by atoms with Crippen LogP contribution in [0, 0.1) is 6.92 Å². The van der Waals surface area contributed by atoms with Crippen molar-refractivity contribution in [2.75, 3.05) is 4.72 Å². The Morgan fingerprint density at radius 2 is 1.75 bits per heavy atom. The van der Waals surface area contributed by atoms with Gasteiger partial charge in [0.1, 0.15) is 4.90 Å². The maximum absolute atomic E-state index is 12.7.